The van der Waals surface area contributed by atoms with E-state index in [9.17, 15) is 4.79 Å². The van der Waals surface area contributed by atoms with Gasteiger partial charge in [-0.05, 0) is 61.6 Å². The van der Waals surface area contributed by atoms with Crippen LogP contribution in [0, 0.1) is 11.8 Å². The van der Waals surface area contributed by atoms with Crippen molar-refractivity contribution < 1.29 is 4.79 Å². The fourth-order valence-electron chi connectivity index (χ4n) is 4.19. The number of benzene rings is 1. The van der Waals surface area contributed by atoms with Gasteiger partial charge in [-0.25, -0.2) is 0 Å². The second-order valence-electron chi connectivity index (χ2n) is 6.90. The summed E-state index contributed by atoms with van der Waals surface area (Å²) in [6.45, 7) is 0. The van der Waals surface area contributed by atoms with Crippen LogP contribution in [0.5, 0.6) is 0 Å². The summed E-state index contributed by atoms with van der Waals surface area (Å²) in [6, 6.07) is 8.42. The first-order valence-electron chi connectivity index (χ1n) is 8.41. The van der Waals surface area contributed by atoms with Gasteiger partial charge in [-0.1, -0.05) is 30.2 Å². The van der Waals surface area contributed by atoms with Crippen molar-refractivity contribution in [3.63, 3.8) is 0 Å². The Kier molecular flexibility index (Phi) is 6.75. The van der Waals surface area contributed by atoms with Crippen LogP contribution in [0.15, 0.2) is 24.3 Å². The molecule has 0 radical (unpaired) electrons. The molecule has 1 amide bonds. The van der Waals surface area contributed by atoms with Crippen LogP contribution in [0.4, 0.5) is 0 Å². The summed E-state index contributed by atoms with van der Waals surface area (Å²) in [5.41, 5.74) is 7.30. The van der Waals surface area contributed by atoms with Gasteiger partial charge in [0, 0.05) is 23.5 Å². The SMILES string of the molecule is Cl.NC1CC2CCCC(C1)C2NC(=O)CCc1ccc(Cl)cc1. The summed E-state index contributed by atoms with van der Waals surface area (Å²) in [6.07, 6.45) is 7.17. The Morgan fingerprint density at radius 3 is 2.39 bits per heavy atom. The molecule has 2 fully saturated rings. The van der Waals surface area contributed by atoms with E-state index in [0.717, 1.165) is 29.8 Å². The lowest BCUT2D eigenvalue weighted by Crippen LogP contribution is -2.53. The number of rotatable bonds is 4. The zero-order valence-corrected chi connectivity index (χ0v) is 14.9. The molecule has 1 aromatic carbocycles. The van der Waals surface area contributed by atoms with Crippen molar-refractivity contribution in [2.75, 3.05) is 0 Å². The molecule has 2 aliphatic carbocycles. The van der Waals surface area contributed by atoms with Gasteiger partial charge in [0.2, 0.25) is 5.91 Å². The quantitative estimate of drug-likeness (QED) is 0.863. The topological polar surface area (TPSA) is 55.1 Å². The number of hydrogen-bond donors (Lipinski definition) is 2. The van der Waals surface area contributed by atoms with E-state index in [4.69, 9.17) is 17.3 Å². The maximum atomic E-state index is 12.3. The van der Waals surface area contributed by atoms with Crippen LogP contribution in [-0.2, 0) is 11.2 Å². The van der Waals surface area contributed by atoms with Gasteiger partial charge in [0.25, 0.3) is 0 Å². The summed E-state index contributed by atoms with van der Waals surface area (Å²) < 4.78 is 0. The molecule has 5 heteroatoms. The lowest BCUT2D eigenvalue weighted by Gasteiger charge is -2.45. The minimum absolute atomic E-state index is 0. The lowest BCUT2D eigenvalue weighted by molar-refractivity contribution is -0.123. The molecule has 2 atom stereocenters. The van der Waals surface area contributed by atoms with Crippen molar-refractivity contribution in [3.8, 4) is 0 Å². The van der Waals surface area contributed by atoms with Crippen molar-refractivity contribution in [2.45, 2.75) is 57.0 Å². The third kappa shape index (κ3) is 4.85. The summed E-state index contributed by atoms with van der Waals surface area (Å²) in [5.74, 6) is 1.34. The van der Waals surface area contributed by atoms with Gasteiger partial charge in [0.1, 0.15) is 0 Å². The van der Waals surface area contributed by atoms with E-state index in [0.29, 0.717) is 30.3 Å². The van der Waals surface area contributed by atoms with E-state index in [1.807, 2.05) is 24.3 Å². The van der Waals surface area contributed by atoms with E-state index in [2.05, 4.69) is 5.32 Å². The molecule has 3 nitrogen and oxygen atoms in total. The summed E-state index contributed by atoms with van der Waals surface area (Å²) in [4.78, 5) is 12.3. The molecular weight excluding hydrogens is 331 g/mol. The smallest absolute Gasteiger partial charge is 0.220 e. The van der Waals surface area contributed by atoms with E-state index >= 15 is 0 Å². The van der Waals surface area contributed by atoms with Crippen molar-refractivity contribution in [1.29, 1.82) is 0 Å². The summed E-state index contributed by atoms with van der Waals surface area (Å²) >= 11 is 5.88. The first kappa shape index (κ1) is 18.6. The number of hydrogen-bond acceptors (Lipinski definition) is 2. The molecule has 0 aliphatic heterocycles. The van der Waals surface area contributed by atoms with Gasteiger partial charge in [0.05, 0.1) is 0 Å². The largest absolute Gasteiger partial charge is 0.353 e. The first-order valence-corrected chi connectivity index (χ1v) is 8.79. The Bertz CT molecular complexity index is 506. The minimum atomic E-state index is 0. The average molecular weight is 357 g/mol. The van der Waals surface area contributed by atoms with Gasteiger partial charge in [-0.3, -0.25) is 4.79 Å². The van der Waals surface area contributed by atoms with Crippen LogP contribution in [0.25, 0.3) is 0 Å². The predicted octanol–water partition coefficient (Wildman–Crippen LogP) is 3.72. The second kappa shape index (κ2) is 8.36. The van der Waals surface area contributed by atoms with Crippen LogP contribution in [0.1, 0.15) is 44.1 Å². The molecule has 3 rings (SSSR count). The second-order valence-corrected chi connectivity index (χ2v) is 7.34. The molecule has 1 aromatic rings. The summed E-state index contributed by atoms with van der Waals surface area (Å²) in [7, 11) is 0. The van der Waals surface area contributed by atoms with Gasteiger partial charge < -0.3 is 11.1 Å². The van der Waals surface area contributed by atoms with Crippen molar-refractivity contribution in [3.05, 3.63) is 34.9 Å². The fraction of sp³-hybridized carbons (Fsp3) is 0.611. The molecule has 0 saturated heterocycles. The monoisotopic (exact) mass is 356 g/mol. The molecule has 2 bridgehead atoms. The van der Waals surface area contributed by atoms with Gasteiger partial charge in [-0.15, -0.1) is 12.4 Å². The Labute approximate surface area is 149 Å². The Morgan fingerprint density at radius 1 is 1.17 bits per heavy atom. The van der Waals surface area contributed by atoms with E-state index < -0.39 is 0 Å². The highest BCUT2D eigenvalue weighted by Gasteiger charge is 2.39. The van der Waals surface area contributed by atoms with Crippen LogP contribution >= 0.6 is 24.0 Å². The number of nitrogens with one attached hydrogen (secondary N) is 1. The fourth-order valence-corrected chi connectivity index (χ4v) is 4.32. The molecule has 23 heavy (non-hydrogen) atoms. The Morgan fingerprint density at radius 2 is 1.78 bits per heavy atom. The molecule has 2 saturated carbocycles. The standard InChI is InChI=1S/C18H25ClN2O.ClH/c19-15-7-4-12(5-8-15)6-9-17(22)21-18-13-2-1-3-14(18)11-16(20)10-13;/h4-5,7-8,13-14,16,18H,1-3,6,9-11,20H2,(H,21,22);1H. The zero-order chi connectivity index (χ0) is 15.5. The molecular formula is C18H26Cl2N2O. The van der Waals surface area contributed by atoms with E-state index in [-0.39, 0.29) is 18.3 Å². The molecule has 2 aliphatic rings. The van der Waals surface area contributed by atoms with Crippen molar-refractivity contribution in [1.82, 2.24) is 5.32 Å². The van der Waals surface area contributed by atoms with Crippen LogP contribution in [0.2, 0.25) is 5.02 Å². The Balaban J connectivity index is 0.00000192. The highest BCUT2D eigenvalue weighted by atomic mass is 35.5. The molecule has 3 N–H and O–H groups in total. The predicted molar refractivity (Wildman–Crippen MR) is 97.0 cm³/mol. The molecule has 0 aromatic heterocycles. The first-order chi connectivity index (χ1) is 10.6. The number of amides is 1. The highest BCUT2D eigenvalue weighted by molar-refractivity contribution is 6.30. The van der Waals surface area contributed by atoms with E-state index in [1.165, 1.54) is 19.3 Å². The highest BCUT2D eigenvalue weighted by Crippen LogP contribution is 2.39. The zero-order valence-electron chi connectivity index (χ0n) is 13.3. The maximum absolute atomic E-state index is 12.3. The lowest BCUT2D eigenvalue weighted by atomic mass is 9.67. The van der Waals surface area contributed by atoms with Crippen molar-refractivity contribution in [2.24, 2.45) is 17.6 Å². The normalized spacial score (nSPS) is 29.5. The maximum Gasteiger partial charge on any atom is 0.220 e. The van der Waals surface area contributed by atoms with Crippen molar-refractivity contribution >= 4 is 29.9 Å². The number of halogens is 2. The van der Waals surface area contributed by atoms with Gasteiger partial charge in [0.15, 0.2) is 0 Å². The third-order valence-electron chi connectivity index (χ3n) is 5.26. The molecule has 2 unspecified atom stereocenters. The number of carbonyl (C=O) groups is 1. The van der Waals surface area contributed by atoms with Gasteiger partial charge in [-0.2, -0.15) is 0 Å². The van der Waals surface area contributed by atoms with Crippen LogP contribution < -0.4 is 11.1 Å². The van der Waals surface area contributed by atoms with Gasteiger partial charge >= 0.3 is 0 Å². The molecule has 128 valence electrons. The number of carbonyl (C=O) groups excluding carboxylic acids is 1. The molecule has 0 spiro atoms. The summed E-state index contributed by atoms with van der Waals surface area (Å²) in [5, 5.41) is 4.04. The van der Waals surface area contributed by atoms with Crippen LogP contribution in [-0.4, -0.2) is 18.0 Å². The number of fused-ring (bicyclic) bond motifs is 2. The third-order valence-corrected chi connectivity index (χ3v) is 5.51. The average Bonchev–Trinajstić information content (AvgIpc) is 2.48. The molecule has 0 heterocycles. The number of nitrogens with two attached hydrogens (primary N) is 1. The Hall–Kier alpha value is -0.770. The van der Waals surface area contributed by atoms with E-state index in [1.54, 1.807) is 0 Å². The number of aryl methyl sites for hydroxylation is 1. The minimum Gasteiger partial charge on any atom is -0.353 e. The van der Waals surface area contributed by atoms with Crippen LogP contribution in [0.3, 0.4) is 0 Å².